The van der Waals surface area contributed by atoms with Crippen molar-refractivity contribution in [2.75, 3.05) is 13.7 Å². The molecule has 3 heterocycles. The highest BCUT2D eigenvalue weighted by Gasteiger charge is 2.77. The number of rotatable bonds is 17. The molecule has 0 radical (unpaired) electrons. The highest BCUT2D eigenvalue weighted by molar-refractivity contribution is 5.96. The number of fused-ring (bicyclic) bond motifs is 4. The number of allylic oxidation sites excluding steroid dienone is 1. The van der Waals surface area contributed by atoms with Gasteiger partial charge in [-0.2, -0.15) is 5.06 Å². The number of hydrogen-bond donors (Lipinski definition) is 3. The molecule has 1 aliphatic carbocycles. The number of aliphatic hydroxyl groups excluding tert-OH is 1. The number of ether oxygens (including phenoxy) is 4. The fourth-order valence-corrected chi connectivity index (χ4v) is 10.6. The van der Waals surface area contributed by atoms with Gasteiger partial charge in [-0.3, -0.25) is 24.0 Å². The Morgan fingerprint density at radius 2 is 1.49 bits per heavy atom. The first kappa shape index (κ1) is 49.3. The van der Waals surface area contributed by atoms with Crippen LogP contribution in [0.15, 0.2) is 146 Å². The topological polar surface area (TPSA) is 173 Å². The van der Waals surface area contributed by atoms with E-state index in [0.29, 0.717) is 17.5 Å². The van der Waals surface area contributed by atoms with Crippen molar-refractivity contribution in [1.82, 2.24) is 15.3 Å². The van der Waals surface area contributed by atoms with Crippen molar-refractivity contribution in [3.8, 4) is 5.75 Å². The average Bonchev–Trinajstić information content (AvgIpc) is 3.95. The SMILES string of the molecule is CN(C(=O)[C@@]12C[C@H]3OC(=O)[C@@H]1N(Cc1cccc(C=CCc4ccccc4O)c1)O[C@@H]2[C@H]1OC(c2ccccc2)(c2ccccc2)O[C@H]13)[C@H](Cc1ccccc1)C(=O)N[C@H](CO)CCC(=O)OC(C)(C)C. The fourth-order valence-electron chi connectivity index (χ4n) is 10.6. The van der Waals surface area contributed by atoms with Crippen molar-refractivity contribution >= 4 is 29.8 Å². The van der Waals surface area contributed by atoms with E-state index in [4.69, 9.17) is 23.8 Å². The van der Waals surface area contributed by atoms with Crippen LogP contribution in [0.4, 0.5) is 0 Å². The molecular weight excluding hydrogens is 903 g/mol. The molecule has 1 saturated carbocycles. The summed E-state index contributed by atoms with van der Waals surface area (Å²) in [4.78, 5) is 66.7. The van der Waals surface area contributed by atoms with Crippen LogP contribution in [-0.2, 0) is 68.1 Å². The fraction of sp³-hybridized carbons (Fsp3) is 0.368. The van der Waals surface area contributed by atoms with Crippen LogP contribution >= 0.6 is 0 Å². The summed E-state index contributed by atoms with van der Waals surface area (Å²) in [6.45, 7) is 4.90. The van der Waals surface area contributed by atoms with E-state index in [9.17, 15) is 24.6 Å². The minimum Gasteiger partial charge on any atom is -0.508 e. The third-order valence-electron chi connectivity index (χ3n) is 13.8. The summed E-state index contributed by atoms with van der Waals surface area (Å²) < 4.78 is 26.1. The highest BCUT2D eigenvalue weighted by Crippen LogP contribution is 2.60. The molecule has 0 aromatic heterocycles. The average molecular weight is 964 g/mol. The van der Waals surface area contributed by atoms with E-state index in [1.54, 1.807) is 40.0 Å². The number of likely N-dealkylation sites (N-methyl/N-ethyl adjacent to an activating group) is 1. The molecule has 8 atom stereocenters. The van der Waals surface area contributed by atoms with Crippen molar-refractivity contribution in [1.29, 1.82) is 0 Å². The van der Waals surface area contributed by atoms with Gasteiger partial charge in [0.25, 0.3) is 0 Å². The molecule has 9 rings (SSSR count). The second-order valence-electron chi connectivity index (χ2n) is 19.9. The Morgan fingerprint density at radius 3 is 2.15 bits per heavy atom. The molecule has 0 spiro atoms. The number of nitrogens with one attached hydrogen (secondary N) is 1. The van der Waals surface area contributed by atoms with Crippen molar-refractivity contribution in [2.45, 2.75) is 113 Å². The Labute approximate surface area is 414 Å². The van der Waals surface area contributed by atoms with E-state index in [1.165, 1.54) is 9.96 Å². The number of aliphatic hydroxyl groups is 1. The maximum Gasteiger partial charge on any atom is 0.327 e. The second-order valence-corrected chi connectivity index (χ2v) is 19.9. The van der Waals surface area contributed by atoms with Gasteiger partial charge in [-0.25, -0.2) is 0 Å². The minimum atomic E-state index is -1.65. The smallest absolute Gasteiger partial charge is 0.327 e. The van der Waals surface area contributed by atoms with E-state index in [1.807, 2.05) is 140 Å². The first-order chi connectivity index (χ1) is 34.2. The zero-order valence-electron chi connectivity index (χ0n) is 40.4. The number of esters is 2. The number of carbonyl (C=O) groups is 4. The first-order valence-electron chi connectivity index (χ1n) is 24.3. The Hall–Kier alpha value is -6.68. The molecule has 14 nitrogen and oxygen atoms in total. The van der Waals surface area contributed by atoms with Crippen molar-refractivity contribution in [2.24, 2.45) is 5.41 Å². The minimum absolute atomic E-state index is 0.00186. The molecule has 71 heavy (non-hydrogen) atoms. The van der Waals surface area contributed by atoms with Gasteiger partial charge in [-0.1, -0.05) is 146 Å². The van der Waals surface area contributed by atoms with Crippen LogP contribution in [0.1, 0.15) is 73.4 Å². The molecule has 0 unspecified atom stereocenters. The van der Waals surface area contributed by atoms with Crippen LogP contribution in [0, 0.1) is 5.41 Å². The summed E-state index contributed by atoms with van der Waals surface area (Å²) in [5.74, 6) is -3.49. The molecular formula is C57H61N3O11. The number of benzene rings is 5. The van der Waals surface area contributed by atoms with Crippen molar-refractivity contribution < 1.29 is 53.2 Å². The second kappa shape index (κ2) is 20.6. The molecule has 2 amide bonds. The number of carbonyl (C=O) groups excluding carboxylic acids is 4. The van der Waals surface area contributed by atoms with Gasteiger partial charge in [0.05, 0.1) is 19.2 Å². The molecule has 4 fully saturated rings. The molecule has 5 aromatic rings. The normalized spacial score (nSPS) is 24.1. The van der Waals surface area contributed by atoms with Crippen LogP contribution in [-0.4, -0.2) is 106 Å². The maximum absolute atomic E-state index is 16.1. The molecule has 3 N–H and O–H groups in total. The van der Waals surface area contributed by atoms with Gasteiger partial charge >= 0.3 is 11.9 Å². The Morgan fingerprint density at radius 1 is 0.859 bits per heavy atom. The summed E-state index contributed by atoms with van der Waals surface area (Å²) in [6.07, 6.45) is 0.685. The van der Waals surface area contributed by atoms with Gasteiger partial charge in [-0.15, -0.1) is 0 Å². The van der Waals surface area contributed by atoms with E-state index >= 15 is 4.79 Å². The van der Waals surface area contributed by atoms with Crippen LogP contribution in [0.5, 0.6) is 5.75 Å². The summed E-state index contributed by atoms with van der Waals surface area (Å²) in [5.41, 5.74) is 2.24. The van der Waals surface area contributed by atoms with Gasteiger partial charge in [-0.05, 0) is 61.9 Å². The number of phenols is 1. The van der Waals surface area contributed by atoms with Gasteiger partial charge in [0, 0.05) is 37.4 Å². The van der Waals surface area contributed by atoms with Crippen LogP contribution < -0.4 is 5.32 Å². The number of aromatic hydroxyl groups is 1. The Kier molecular flexibility index (Phi) is 14.3. The van der Waals surface area contributed by atoms with E-state index in [0.717, 1.165) is 22.3 Å². The van der Waals surface area contributed by atoms with Gasteiger partial charge in [0.15, 0.2) is 6.04 Å². The Bertz CT molecular complexity index is 2690. The number of hydrogen-bond acceptors (Lipinski definition) is 12. The summed E-state index contributed by atoms with van der Waals surface area (Å²) in [6, 6.07) is 39.9. The number of hydroxylamine groups is 2. The predicted octanol–water partition coefficient (Wildman–Crippen LogP) is 6.80. The number of amides is 2. The van der Waals surface area contributed by atoms with Crippen LogP contribution in [0.3, 0.4) is 0 Å². The van der Waals surface area contributed by atoms with E-state index in [2.05, 4.69) is 5.32 Å². The van der Waals surface area contributed by atoms with E-state index < -0.39 is 89.7 Å². The Balaban J connectivity index is 1.08. The number of para-hydroxylation sites is 1. The number of nitrogens with zero attached hydrogens (tertiary/aromatic N) is 2. The largest absolute Gasteiger partial charge is 0.508 e. The molecule has 3 aliphatic heterocycles. The summed E-state index contributed by atoms with van der Waals surface area (Å²) in [5, 5.41) is 25.2. The zero-order chi connectivity index (χ0) is 49.9. The van der Waals surface area contributed by atoms with E-state index in [-0.39, 0.29) is 38.0 Å². The summed E-state index contributed by atoms with van der Waals surface area (Å²) >= 11 is 0. The highest BCUT2D eigenvalue weighted by atomic mass is 16.8. The molecule has 4 aliphatic rings. The monoisotopic (exact) mass is 963 g/mol. The van der Waals surface area contributed by atoms with Gasteiger partial charge < -0.3 is 39.4 Å². The van der Waals surface area contributed by atoms with Crippen molar-refractivity contribution in [3.63, 3.8) is 0 Å². The number of phenolic OH excluding ortho intramolecular Hbond substituents is 1. The molecule has 5 aromatic carbocycles. The zero-order valence-corrected chi connectivity index (χ0v) is 40.4. The van der Waals surface area contributed by atoms with Gasteiger partial charge in [0.2, 0.25) is 17.6 Å². The first-order valence-corrected chi connectivity index (χ1v) is 24.3. The quantitative estimate of drug-likeness (QED) is 0.0834. The predicted molar refractivity (Wildman–Crippen MR) is 263 cm³/mol. The molecule has 2 bridgehead atoms. The summed E-state index contributed by atoms with van der Waals surface area (Å²) in [7, 11) is 1.55. The van der Waals surface area contributed by atoms with Gasteiger partial charge in [0.1, 0.15) is 47.2 Å². The third-order valence-corrected chi connectivity index (χ3v) is 13.8. The van der Waals surface area contributed by atoms with Crippen LogP contribution in [0.25, 0.3) is 6.08 Å². The standard InChI is InChI=1S/C57H61N3O11/c1-55(2,3)68-47(63)31-30-43(36-61)58-52(64)44(33-38-18-8-5-9-19-38)59(4)54(66)56-34-46-48-49(70-57(69-48,41-25-10-6-11-26-41)42-27-12-7-13-28-42)51(56)71-60(50(56)53(65)67-46)35-39-22-16-20-37(32-39)21-17-24-40-23-14-15-29-45(40)62/h5-23,25-29,32,43-44,46,48-51,61-62H,24,30-31,33-36H2,1-4H3,(H,58,64)/t43-,44+,46+,48-,49-,50-,51+,56-/m0/s1. The lowest BCUT2D eigenvalue weighted by Crippen LogP contribution is -2.70. The lowest BCUT2D eigenvalue weighted by Gasteiger charge is -2.50. The third kappa shape index (κ3) is 10.1. The molecule has 370 valence electrons. The van der Waals surface area contributed by atoms with Crippen LogP contribution in [0.2, 0.25) is 0 Å². The lowest BCUT2D eigenvalue weighted by molar-refractivity contribution is -0.214. The molecule has 14 heteroatoms. The lowest BCUT2D eigenvalue weighted by atomic mass is 9.62. The van der Waals surface area contributed by atoms with Crippen molar-refractivity contribution in [3.05, 3.63) is 179 Å². The molecule has 3 saturated heterocycles. The maximum atomic E-state index is 16.1.